The third-order valence-electron chi connectivity index (χ3n) is 4.59. The van der Waals surface area contributed by atoms with Crippen LogP contribution in [0.25, 0.3) is 0 Å². The summed E-state index contributed by atoms with van der Waals surface area (Å²) in [5, 5.41) is 5.12. The Morgan fingerprint density at radius 3 is 2.59 bits per heavy atom. The molecule has 0 unspecified atom stereocenters. The van der Waals surface area contributed by atoms with Gasteiger partial charge in [0.1, 0.15) is 11.8 Å². The first-order valence-electron chi connectivity index (χ1n) is 8.52. The predicted octanol–water partition coefficient (Wildman–Crippen LogP) is -0.191. The minimum absolute atomic E-state index is 0.0483. The molecule has 2 N–H and O–H groups in total. The van der Waals surface area contributed by atoms with Gasteiger partial charge in [0.05, 0.1) is 31.6 Å². The van der Waals surface area contributed by atoms with Crippen LogP contribution < -0.4 is 15.4 Å². The number of imide groups is 1. The van der Waals surface area contributed by atoms with Crippen LogP contribution in [-0.4, -0.2) is 61.9 Å². The van der Waals surface area contributed by atoms with Gasteiger partial charge in [-0.15, -0.1) is 0 Å². The van der Waals surface area contributed by atoms with E-state index in [1.54, 1.807) is 31.4 Å². The number of hydrogen-bond donors (Lipinski definition) is 2. The van der Waals surface area contributed by atoms with Gasteiger partial charge < -0.3 is 15.4 Å². The summed E-state index contributed by atoms with van der Waals surface area (Å²) in [5.74, 6) is -0.313. The molecule has 0 aliphatic carbocycles. The summed E-state index contributed by atoms with van der Waals surface area (Å²) in [6.45, 7) is 0.0909. The largest absolute Gasteiger partial charge is 0.497 e. The Hall–Kier alpha value is -2.62. The number of sulfone groups is 1. The lowest BCUT2D eigenvalue weighted by Crippen LogP contribution is -2.41. The van der Waals surface area contributed by atoms with Crippen LogP contribution in [-0.2, 0) is 26.0 Å². The first-order valence-corrected chi connectivity index (χ1v) is 10.3. The second kappa shape index (κ2) is 7.55. The lowest BCUT2D eigenvalue weighted by molar-refractivity contribution is -0.131. The van der Waals surface area contributed by atoms with Crippen molar-refractivity contribution >= 4 is 27.7 Å². The van der Waals surface area contributed by atoms with E-state index in [1.165, 1.54) is 0 Å². The molecule has 2 aliphatic rings. The molecule has 9 nitrogen and oxygen atoms in total. The SMILES string of the molecule is COc1ccc(CN2C(=O)N[C@@H](CC(=O)N[C@H]3CCS(=O)(=O)C3)C2=O)cc1. The third kappa shape index (κ3) is 4.57. The molecule has 1 aromatic rings. The fourth-order valence-electron chi connectivity index (χ4n) is 3.16. The van der Waals surface area contributed by atoms with Crippen LogP contribution in [0.4, 0.5) is 4.79 Å². The highest BCUT2D eigenvalue weighted by atomic mass is 32.2. The second-order valence-electron chi connectivity index (χ2n) is 6.65. The summed E-state index contributed by atoms with van der Waals surface area (Å²) >= 11 is 0. The van der Waals surface area contributed by atoms with E-state index in [-0.39, 0.29) is 24.5 Å². The minimum atomic E-state index is -3.10. The molecule has 146 valence electrons. The molecule has 0 radical (unpaired) electrons. The maximum absolute atomic E-state index is 12.5. The van der Waals surface area contributed by atoms with E-state index in [4.69, 9.17) is 4.74 Å². The van der Waals surface area contributed by atoms with Crippen LogP contribution in [0.2, 0.25) is 0 Å². The smallest absolute Gasteiger partial charge is 0.325 e. The monoisotopic (exact) mass is 395 g/mol. The number of nitrogens with zero attached hydrogens (tertiary/aromatic N) is 1. The van der Waals surface area contributed by atoms with Crippen LogP contribution in [0.15, 0.2) is 24.3 Å². The maximum Gasteiger partial charge on any atom is 0.325 e. The van der Waals surface area contributed by atoms with Crippen molar-refractivity contribution in [3.63, 3.8) is 0 Å². The lowest BCUT2D eigenvalue weighted by Gasteiger charge is -2.14. The molecule has 2 aliphatic heterocycles. The Morgan fingerprint density at radius 1 is 1.30 bits per heavy atom. The molecule has 0 saturated carbocycles. The Labute approximate surface area is 157 Å². The first-order chi connectivity index (χ1) is 12.8. The molecule has 3 rings (SSSR count). The molecule has 2 fully saturated rings. The molecule has 27 heavy (non-hydrogen) atoms. The van der Waals surface area contributed by atoms with Gasteiger partial charge in [-0.3, -0.25) is 14.5 Å². The Bertz CT molecular complexity index is 852. The van der Waals surface area contributed by atoms with Crippen LogP contribution >= 0.6 is 0 Å². The summed E-state index contributed by atoms with van der Waals surface area (Å²) in [6.07, 6.45) is 0.142. The first kappa shape index (κ1) is 19.2. The van der Waals surface area contributed by atoms with E-state index in [9.17, 15) is 22.8 Å². The Balaban J connectivity index is 1.56. The molecule has 0 spiro atoms. The number of carbonyl (C=O) groups excluding carboxylic acids is 3. The average Bonchev–Trinajstić information content (AvgIpc) is 3.08. The van der Waals surface area contributed by atoms with Gasteiger partial charge in [0.25, 0.3) is 5.91 Å². The summed E-state index contributed by atoms with van der Waals surface area (Å²) < 4.78 is 28.0. The summed E-state index contributed by atoms with van der Waals surface area (Å²) in [7, 11) is -1.56. The molecule has 10 heteroatoms. The average molecular weight is 395 g/mol. The van der Waals surface area contributed by atoms with E-state index in [1.807, 2.05) is 0 Å². The lowest BCUT2D eigenvalue weighted by atomic mass is 10.1. The molecule has 1 aromatic carbocycles. The predicted molar refractivity (Wildman–Crippen MR) is 95.7 cm³/mol. The van der Waals surface area contributed by atoms with Gasteiger partial charge in [0, 0.05) is 6.04 Å². The Kier molecular flexibility index (Phi) is 5.36. The van der Waals surface area contributed by atoms with Crippen molar-refractivity contribution in [3.8, 4) is 5.75 Å². The zero-order valence-electron chi connectivity index (χ0n) is 14.8. The normalized spacial score (nSPS) is 24.0. The number of carbonyl (C=O) groups is 3. The summed E-state index contributed by atoms with van der Waals surface area (Å²) in [5.41, 5.74) is 0.751. The topological polar surface area (TPSA) is 122 Å². The third-order valence-corrected chi connectivity index (χ3v) is 6.36. The highest BCUT2D eigenvalue weighted by Gasteiger charge is 2.39. The molecular formula is C17H21N3O6S. The van der Waals surface area contributed by atoms with E-state index in [2.05, 4.69) is 10.6 Å². The molecule has 2 atom stereocenters. The number of amides is 4. The van der Waals surface area contributed by atoms with Crippen molar-refractivity contribution in [2.45, 2.75) is 31.5 Å². The van der Waals surface area contributed by atoms with E-state index < -0.39 is 39.8 Å². The van der Waals surface area contributed by atoms with E-state index in [0.29, 0.717) is 12.2 Å². The Morgan fingerprint density at radius 2 is 2.00 bits per heavy atom. The molecule has 2 heterocycles. The highest BCUT2D eigenvalue weighted by molar-refractivity contribution is 7.91. The molecule has 0 bridgehead atoms. The highest BCUT2D eigenvalue weighted by Crippen LogP contribution is 2.17. The molecule has 2 saturated heterocycles. The molecule has 4 amide bonds. The molecular weight excluding hydrogens is 374 g/mol. The molecule has 0 aromatic heterocycles. The van der Waals surface area contributed by atoms with Crippen molar-refractivity contribution in [1.29, 1.82) is 0 Å². The number of benzene rings is 1. The fraction of sp³-hybridized carbons (Fsp3) is 0.471. The van der Waals surface area contributed by atoms with Crippen LogP contribution in [0, 0.1) is 0 Å². The van der Waals surface area contributed by atoms with Crippen molar-refractivity contribution in [1.82, 2.24) is 15.5 Å². The zero-order valence-corrected chi connectivity index (χ0v) is 15.6. The number of methoxy groups -OCH3 is 1. The second-order valence-corrected chi connectivity index (χ2v) is 8.87. The number of hydrogen-bond acceptors (Lipinski definition) is 6. The van der Waals surface area contributed by atoms with Gasteiger partial charge in [0.15, 0.2) is 9.84 Å². The standard InChI is InChI=1S/C17H21N3O6S/c1-26-13-4-2-11(3-5-13)9-20-16(22)14(19-17(20)23)8-15(21)18-12-6-7-27(24,25)10-12/h2-5,12,14H,6-10H2,1H3,(H,18,21)(H,19,23)/t12-,14-/m0/s1. The number of rotatable bonds is 6. The van der Waals surface area contributed by atoms with Gasteiger partial charge in [-0.2, -0.15) is 0 Å². The van der Waals surface area contributed by atoms with Crippen molar-refractivity contribution < 1.29 is 27.5 Å². The number of urea groups is 1. The van der Waals surface area contributed by atoms with E-state index >= 15 is 0 Å². The zero-order chi connectivity index (χ0) is 19.6. The van der Waals surface area contributed by atoms with Crippen molar-refractivity contribution in [2.75, 3.05) is 18.6 Å². The van der Waals surface area contributed by atoms with Crippen LogP contribution in [0.3, 0.4) is 0 Å². The van der Waals surface area contributed by atoms with Gasteiger partial charge >= 0.3 is 6.03 Å². The van der Waals surface area contributed by atoms with Gasteiger partial charge in [-0.05, 0) is 24.1 Å². The van der Waals surface area contributed by atoms with Crippen molar-refractivity contribution in [2.24, 2.45) is 0 Å². The van der Waals surface area contributed by atoms with Crippen molar-refractivity contribution in [3.05, 3.63) is 29.8 Å². The quantitative estimate of drug-likeness (QED) is 0.644. The summed E-state index contributed by atoms with van der Waals surface area (Å²) in [4.78, 5) is 37.7. The summed E-state index contributed by atoms with van der Waals surface area (Å²) in [6, 6.07) is 5.01. The number of nitrogens with one attached hydrogen (secondary N) is 2. The van der Waals surface area contributed by atoms with Gasteiger partial charge in [0.2, 0.25) is 5.91 Å². The maximum atomic E-state index is 12.5. The minimum Gasteiger partial charge on any atom is -0.497 e. The van der Waals surface area contributed by atoms with Gasteiger partial charge in [-0.25, -0.2) is 13.2 Å². The number of ether oxygens (including phenoxy) is 1. The van der Waals surface area contributed by atoms with Crippen LogP contribution in [0.5, 0.6) is 5.75 Å². The van der Waals surface area contributed by atoms with E-state index in [0.717, 1.165) is 10.5 Å². The fourth-order valence-corrected chi connectivity index (χ4v) is 4.83. The van der Waals surface area contributed by atoms with Gasteiger partial charge in [-0.1, -0.05) is 12.1 Å². The van der Waals surface area contributed by atoms with Crippen LogP contribution in [0.1, 0.15) is 18.4 Å².